The molecule has 94 valence electrons. The molecular weight excluding hydrogens is 206 g/mol. The molecule has 16 heavy (non-hydrogen) atoms. The minimum absolute atomic E-state index is 0.356. The lowest BCUT2D eigenvalue weighted by Gasteiger charge is -2.33. The molecule has 5 nitrogen and oxygen atoms in total. The van der Waals surface area contributed by atoms with Gasteiger partial charge in [0.2, 0.25) is 0 Å². The third-order valence-corrected chi connectivity index (χ3v) is 3.20. The van der Waals surface area contributed by atoms with Gasteiger partial charge in [-0.1, -0.05) is 0 Å². The summed E-state index contributed by atoms with van der Waals surface area (Å²) < 4.78 is 0. The summed E-state index contributed by atoms with van der Waals surface area (Å²) in [5, 5.41) is 9.02. The molecule has 1 rings (SSSR count). The van der Waals surface area contributed by atoms with Gasteiger partial charge in [0.15, 0.2) is 0 Å². The number of carboxylic acid groups (broad SMARTS) is 1. The minimum Gasteiger partial charge on any atom is -0.480 e. The molecule has 3 N–H and O–H groups in total. The Hall–Kier alpha value is -0.650. The van der Waals surface area contributed by atoms with Crippen molar-refractivity contribution < 1.29 is 9.90 Å². The summed E-state index contributed by atoms with van der Waals surface area (Å²) >= 11 is 0. The van der Waals surface area contributed by atoms with Gasteiger partial charge in [-0.2, -0.15) is 0 Å². The summed E-state index contributed by atoms with van der Waals surface area (Å²) in [6.07, 6.45) is 1.07. The molecule has 0 saturated carbocycles. The van der Waals surface area contributed by atoms with E-state index in [1.54, 1.807) is 6.92 Å². The van der Waals surface area contributed by atoms with Crippen molar-refractivity contribution in [2.75, 3.05) is 33.2 Å². The van der Waals surface area contributed by atoms with E-state index < -0.39 is 11.5 Å². The Labute approximate surface area is 97.2 Å². The van der Waals surface area contributed by atoms with Crippen molar-refractivity contribution in [2.45, 2.75) is 31.8 Å². The molecule has 2 unspecified atom stereocenters. The number of carbonyl (C=O) groups is 1. The SMILES string of the molecule is CC1CN(C)CCCN1CC(C)(N)C(=O)O. The average molecular weight is 229 g/mol. The fourth-order valence-electron chi connectivity index (χ4n) is 2.15. The molecule has 0 aromatic carbocycles. The second kappa shape index (κ2) is 5.12. The van der Waals surface area contributed by atoms with E-state index in [1.807, 2.05) is 0 Å². The van der Waals surface area contributed by atoms with Crippen LogP contribution in [0.1, 0.15) is 20.3 Å². The average Bonchev–Trinajstić information content (AvgIpc) is 2.28. The molecule has 1 aliphatic rings. The molecule has 5 heteroatoms. The lowest BCUT2D eigenvalue weighted by molar-refractivity contribution is -0.143. The molecule has 0 aromatic heterocycles. The summed E-state index contributed by atoms with van der Waals surface area (Å²) in [5.41, 5.74) is 4.63. The topological polar surface area (TPSA) is 69.8 Å². The van der Waals surface area contributed by atoms with Gasteiger partial charge in [0, 0.05) is 19.1 Å². The van der Waals surface area contributed by atoms with Gasteiger partial charge >= 0.3 is 5.97 Å². The van der Waals surface area contributed by atoms with Crippen molar-refractivity contribution in [3.8, 4) is 0 Å². The summed E-state index contributed by atoms with van der Waals surface area (Å²) in [6.45, 7) is 7.07. The summed E-state index contributed by atoms with van der Waals surface area (Å²) in [5.74, 6) is -0.933. The van der Waals surface area contributed by atoms with Crippen LogP contribution < -0.4 is 5.73 Å². The Morgan fingerprint density at radius 1 is 1.56 bits per heavy atom. The van der Waals surface area contributed by atoms with Crippen LogP contribution in [0.3, 0.4) is 0 Å². The van der Waals surface area contributed by atoms with Crippen LogP contribution in [0.2, 0.25) is 0 Å². The molecule has 0 aromatic rings. The maximum atomic E-state index is 11.0. The zero-order valence-corrected chi connectivity index (χ0v) is 10.4. The third-order valence-electron chi connectivity index (χ3n) is 3.20. The fraction of sp³-hybridized carbons (Fsp3) is 0.909. The lowest BCUT2D eigenvalue weighted by Crippen LogP contribution is -2.56. The highest BCUT2D eigenvalue weighted by molar-refractivity contribution is 5.78. The molecule has 1 heterocycles. The summed E-state index contributed by atoms with van der Waals surface area (Å²) in [4.78, 5) is 15.4. The molecule has 1 aliphatic heterocycles. The van der Waals surface area contributed by atoms with E-state index in [9.17, 15) is 4.79 Å². The van der Waals surface area contributed by atoms with Crippen LogP contribution in [0, 0.1) is 0 Å². The first kappa shape index (κ1) is 13.4. The van der Waals surface area contributed by atoms with Gasteiger partial charge in [-0.05, 0) is 40.4 Å². The molecule has 1 saturated heterocycles. The smallest absolute Gasteiger partial charge is 0.324 e. The van der Waals surface area contributed by atoms with Crippen molar-refractivity contribution in [1.29, 1.82) is 0 Å². The molecule has 0 amide bonds. The first-order valence-corrected chi connectivity index (χ1v) is 5.78. The van der Waals surface area contributed by atoms with Crippen molar-refractivity contribution in [3.63, 3.8) is 0 Å². The van der Waals surface area contributed by atoms with E-state index in [-0.39, 0.29) is 0 Å². The predicted octanol–water partition coefficient (Wildman–Crippen LogP) is -0.186. The van der Waals surface area contributed by atoms with Crippen LogP contribution in [0.15, 0.2) is 0 Å². The largest absolute Gasteiger partial charge is 0.480 e. The molecule has 0 aliphatic carbocycles. The van der Waals surface area contributed by atoms with E-state index in [1.165, 1.54) is 0 Å². The first-order valence-electron chi connectivity index (χ1n) is 5.78. The summed E-state index contributed by atoms with van der Waals surface area (Å²) in [6, 6.07) is 0.356. The Morgan fingerprint density at radius 2 is 2.19 bits per heavy atom. The van der Waals surface area contributed by atoms with E-state index >= 15 is 0 Å². The standard InChI is InChI=1S/C11H23N3O2/c1-9-7-13(3)5-4-6-14(9)8-11(2,12)10(15)16/h9H,4-8,12H2,1-3H3,(H,15,16). The fourth-order valence-corrected chi connectivity index (χ4v) is 2.15. The Bertz CT molecular complexity index is 256. The number of likely N-dealkylation sites (N-methyl/N-ethyl adjacent to an activating group) is 1. The first-order chi connectivity index (χ1) is 7.33. The number of nitrogens with zero attached hydrogens (tertiary/aromatic N) is 2. The Balaban J connectivity index is 2.62. The molecule has 2 atom stereocenters. The van der Waals surface area contributed by atoms with E-state index in [4.69, 9.17) is 10.8 Å². The number of carboxylic acids is 1. The van der Waals surface area contributed by atoms with Crippen LogP contribution in [-0.2, 0) is 4.79 Å². The van der Waals surface area contributed by atoms with Gasteiger partial charge in [-0.3, -0.25) is 9.69 Å². The zero-order chi connectivity index (χ0) is 12.3. The Kier molecular flexibility index (Phi) is 4.29. The van der Waals surface area contributed by atoms with E-state index in [0.29, 0.717) is 12.6 Å². The summed E-state index contributed by atoms with van der Waals surface area (Å²) in [7, 11) is 2.10. The van der Waals surface area contributed by atoms with Crippen molar-refractivity contribution in [2.24, 2.45) is 5.73 Å². The number of hydrogen-bond acceptors (Lipinski definition) is 4. The second-order valence-corrected chi connectivity index (χ2v) is 5.16. The molecule has 1 fully saturated rings. The van der Waals surface area contributed by atoms with E-state index in [0.717, 1.165) is 26.1 Å². The Morgan fingerprint density at radius 3 is 2.75 bits per heavy atom. The van der Waals surface area contributed by atoms with Gasteiger partial charge in [0.25, 0.3) is 0 Å². The predicted molar refractivity (Wildman–Crippen MR) is 63.4 cm³/mol. The molecular formula is C11H23N3O2. The highest BCUT2D eigenvalue weighted by Gasteiger charge is 2.32. The molecule has 0 bridgehead atoms. The maximum absolute atomic E-state index is 11.0. The highest BCUT2D eigenvalue weighted by Crippen LogP contribution is 2.12. The number of rotatable bonds is 3. The molecule has 0 radical (unpaired) electrons. The minimum atomic E-state index is -1.16. The van der Waals surface area contributed by atoms with E-state index in [2.05, 4.69) is 23.8 Å². The van der Waals surface area contributed by atoms with Gasteiger partial charge in [-0.15, -0.1) is 0 Å². The van der Waals surface area contributed by atoms with Crippen molar-refractivity contribution in [3.05, 3.63) is 0 Å². The molecule has 0 spiro atoms. The van der Waals surface area contributed by atoms with Crippen LogP contribution in [-0.4, -0.2) is 65.7 Å². The van der Waals surface area contributed by atoms with Gasteiger partial charge in [-0.25, -0.2) is 0 Å². The quantitative estimate of drug-likeness (QED) is 0.702. The van der Waals surface area contributed by atoms with Crippen LogP contribution in [0.25, 0.3) is 0 Å². The lowest BCUT2D eigenvalue weighted by atomic mass is 10.0. The number of aliphatic carboxylic acids is 1. The number of hydrogen-bond donors (Lipinski definition) is 2. The highest BCUT2D eigenvalue weighted by atomic mass is 16.4. The maximum Gasteiger partial charge on any atom is 0.324 e. The van der Waals surface area contributed by atoms with Gasteiger partial charge in [0.1, 0.15) is 5.54 Å². The van der Waals surface area contributed by atoms with Crippen LogP contribution in [0.5, 0.6) is 0 Å². The number of nitrogens with two attached hydrogens (primary N) is 1. The normalized spacial score (nSPS) is 28.4. The van der Waals surface area contributed by atoms with Crippen LogP contribution >= 0.6 is 0 Å². The third kappa shape index (κ3) is 3.43. The monoisotopic (exact) mass is 229 g/mol. The van der Waals surface area contributed by atoms with Gasteiger partial charge in [0.05, 0.1) is 0 Å². The van der Waals surface area contributed by atoms with Gasteiger partial charge < -0.3 is 15.7 Å². The van der Waals surface area contributed by atoms with Crippen LogP contribution in [0.4, 0.5) is 0 Å². The zero-order valence-electron chi connectivity index (χ0n) is 10.4. The second-order valence-electron chi connectivity index (χ2n) is 5.16. The van der Waals surface area contributed by atoms with Crippen molar-refractivity contribution >= 4 is 5.97 Å². The van der Waals surface area contributed by atoms with Crippen molar-refractivity contribution in [1.82, 2.24) is 9.80 Å².